The van der Waals surface area contributed by atoms with Gasteiger partial charge in [-0.3, -0.25) is 0 Å². The Balaban J connectivity index is 0.00000361. The molecule has 3 N–H and O–H groups in total. The van der Waals surface area contributed by atoms with E-state index in [2.05, 4.69) is 4.74 Å². The fourth-order valence-electron chi connectivity index (χ4n) is 1.64. The molecule has 0 fully saturated rings. The number of ether oxygens (including phenoxy) is 1. The molecule has 0 amide bonds. The quantitative estimate of drug-likeness (QED) is 0.899. The van der Waals surface area contributed by atoms with Gasteiger partial charge in [-0.1, -0.05) is 32.9 Å². The first-order valence-corrected chi connectivity index (χ1v) is 5.80. The summed E-state index contributed by atoms with van der Waals surface area (Å²) in [6.45, 7) is 5.40. The number of hydrogen-bond acceptors (Lipinski definition) is 3. The summed E-state index contributed by atoms with van der Waals surface area (Å²) in [6.07, 6.45) is -5.63. The van der Waals surface area contributed by atoms with Crippen LogP contribution in [0.25, 0.3) is 0 Å². The van der Waals surface area contributed by atoms with Gasteiger partial charge >= 0.3 is 6.36 Å². The Kier molecular flexibility index (Phi) is 6.32. The Bertz CT molecular complexity index is 432. The van der Waals surface area contributed by atoms with Gasteiger partial charge in [-0.05, 0) is 23.1 Å². The van der Waals surface area contributed by atoms with Crippen LogP contribution in [0.1, 0.15) is 32.4 Å². The van der Waals surface area contributed by atoms with Crippen molar-refractivity contribution < 1.29 is 23.0 Å². The van der Waals surface area contributed by atoms with Crippen molar-refractivity contribution in [3.05, 3.63) is 29.8 Å². The summed E-state index contributed by atoms with van der Waals surface area (Å²) >= 11 is 0. The van der Waals surface area contributed by atoms with Crippen LogP contribution in [0.15, 0.2) is 24.3 Å². The van der Waals surface area contributed by atoms with Crippen LogP contribution < -0.4 is 10.5 Å². The lowest BCUT2D eigenvalue weighted by Crippen LogP contribution is -2.37. The second-order valence-corrected chi connectivity index (χ2v) is 5.46. The summed E-state index contributed by atoms with van der Waals surface area (Å²) in [7, 11) is 0. The second kappa shape index (κ2) is 6.65. The molecular formula is C13H19ClF3NO2. The molecule has 2 atom stereocenters. The number of aliphatic hydroxyl groups is 1. The molecule has 0 unspecified atom stereocenters. The first-order chi connectivity index (χ1) is 8.50. The van der Waals surface area contributed by atoms with E-state index in [1.807, 2.05) is 0 Å². The molecule has 7 heteroatoms. The molecule has 1 aromatic rings. The predicted molar refractivity (Wildman–Crippen MR) is 72.8 cm³/mol. The first kappa shape index (κ1) is 19.0. The van der Waals surface area contributed by atoms with Crippen LogP contribution in [0.2, 0.25) is 0 Å². The highest BCUT2D eigenvalue weighted by atomic mass is 35.5. The lowest BCUT2D eigenvalue weighted by Gasteiger charge is -2.31. The van der Waals surface area contributed by atoms with Gasteiger partial charge in [0.1, 0.15) is 5.75 Å². The Morgan fingerprint density at radius 3 is 2.20 bits per heavy atom. The number of hydrogen-bond donors (Lipinski definition) is 2. The third-order valence-corrected chi connectivity index (χ3v) is 2.70. The van der Waals surface area contributed by atoms with E-state index < -0.39 is 23.9 Å². The van der Waals surface area contributed by atoms with E-state index in [1.54, 1.807) is 26.8 Å². The fraction of sp³-hybridized carbons (Fsp3) is 0.538. The molecule has 116 valence electrons. The smallest absolute Gasteiger partial charge is 0.406 e. The molecule has 3 nitrogen and oxygen atoms in total. The normalized spacial score (nSPS) is 15.2. The molecule has 1 aromatic carbocycles. The fourth-order valence-corrected chi connectivity index (χ4v) is 1.64. The van der Waals surface area contributed by atoms with Crippen LogP contribution in [0.3, 0.4) is 0 Å². The van der Waals surface area contributed by atoms with Crippen LogP contribution in [0.5, 0.6) is 5.75 Å². The van der Waals surface area contributed by atoms with Gasteiger partial charge in [0.15, 0.2) is 0 Å². The van der Waals surface area contributed by atoms with E-state index in [9.17, 15) is 18.3 Å². The number of rotatable bonds is 3. The van der Waals surface area contributed by atoms with E-state index in [4.69, 9.17) is 5.73 Å². The number of aliphatic hydroxyl groups excluding tert-OH is 1. The zero-order chi connectivity index (χ0) is 14.8. The second-order valence-electron chi connectivity index (χ2n) is 5.46. The molecule has 0 saturated heterocycles. The number of nitrogens with two attached hydrogens (primary N) is 1. The molecule has 0 aliphatic carbocycles. The van der Waals surface area contributed by atoms with Gasteiger partial charge in [0.25, 0.3) is 0 Å². The summed E-state index contributed by atoms with van der Waals surface area (Å²) in [4.78, 5) is 0. The summed E-state index contributed by atoms with van der Waals surface area (Å²) in [6, 6.07) is 4.56. The van der Waals surface area contributed by atoms with E-state index >= 15 is 0 Å². The highest BCUT2D eigenvalue weighted by Crippen LogP contribution is 2.31. The summed E-state index contributed by atoms with van der Waals surface area (Å²) in [5.41, 5.74) is 5.79. The lowest BCUT2D eigenvalue weighted by molar-refractivity contribution is -0.274. The van der Waals surface area contributed by atoms with Crippen molar-refractivity contribution in [1.82, 2.24) is 0 Å². The SMILES string of the molecule is CC(C)(C)[C@H](O)[C@H](N)c1cccc(OC(F)(F)F)c1.Cl. The van der Waals surface area contributed by atoms with Crippen molar-refractivity contribution in [2.45, 2.75) is 39.3 Å². The van der Waals surface area contributed by atoms with E-state index in [-0.39, 0.29) is 18.2 Å². The zero-order valence-electron chi connectivity index (χ0n) is 11.4. The van der Waals surface area contributed by atoms with Crippen molar-refractivity contribution in [2.75, 3.05) is 0 Å². The average molecular weight is 314 g/mol. The molecule has 0 aromatic heterocycles. The minimum atomic E-state index is -4.74. The van der Waals surface area contributed by atoms with E-state index in [1.165, 1.54) is 18.2 Å². The maximum atomic E-state index is 12.1. The lowest BCUT2D eigenvalue weighted by atomic mass is 9.82. The van der Waals surface area contributed by atoms with Gasteiger partial charge in [0.2, 0.25) is 0 Å². The minimum Gasteiger partial charge on any atom is -0.406 e. The van der Waals surface area contributed by atoms with Crippen LogP contribution in [0, 0.1) is 5.41 Å². The van der Waals surface area contributed by atoms with Crippen molar-refractivity contribution in [2.24, 2.45) is 11.1 Å². The summed E-state index contributed by atoms with van der Waals surface area (Å²) < 4.78 is 40.2. The molecule has 0 radical (unpaired) electrons. The maximum absolute atomic E-state index is 12.1. The van der Waals surface area contributed by atoms with E-state index in [0.29, 0.717) is 5.56 Å². The Labute approximate surface area is 122 Å². The molecule has 1 rings (SSSR count). The van der Waals surface area contributed by atoms with Gasteiger partial charge in [-0.15, -0.1) is 25.6 Å². The molecule has 0 heterocycles. The van der Waals surface area contributed by atoms with Crippen LogP contribution in [-0.4, -0.2) is 17.6 Å². The highest BCUT2D eigenvalue weighted by molar-refractivity contribution is 5.85. The topological polar surface area (TPSA) is 55.5 Å². The summed E-state index contributed by atoms with van der Waals surface area (Å²) in [5.74, 6) is -0.346. The van der Waals surface area contributed by atoms with Crippen molar-refractivity contribution in [1.29, 1.82) is 0 Å². The molecule has 0 saturated carbocycles. The van der Waals surface area contributed by atoms with Crippen LogP contribution in [-0.2, 0) is 0 Å². The third-order valence-electron chi connectivity index (χ3n) is 2.70. The maximum Gasteiger partial charge on any atom is 0.573 e. The van der Waals surface area contributed by atoms with Gasteiger partial charge in [-0.2, -0.15) is 0 Å². The number of halogens is 4. The largest absolute Gasteiger partial charge is 0.573 e. The van der Waals surface area contributed by atoms with Crippen molar-refractivity contribution in [3.8, 4) is 5.75 Å². The Morgan fingerprint density at radius 2 is 1.75 bits per heavy atom. The number of alkyl halides is 3. The van der Waals surface area contributed by atoms with Gasteiger partial charge in [0.05, 0.1) is 12.1 Å². The highest BCUT2D eigenvalue weighted by Gasteiger charge is 2.32. The van der Waals surface area contributed by atoms with E-state index in [0.717, 1.165) is 0 Å². The summed E-state index contributed by atoms with van der Waals surface area (Å²) in [5, 5.41) is 10.0. The van der Waals surface area contributed by atoms with Crippen molar-refractivity contribution in [3.63, 3.8) is 0 Å². The Hall–Kier alpha value is -0.980. The first-order valence-electron chi connectivity index (χ1n) is 5.80. The Morgan fingerprint density at radius 1 is 1.20 bits per heavy atom. The molecule has 0 bridgehead atoms. The van der Waals surface area contributed by atoms with Crippen LogP contribution >= 0.6 is 12.4 Å². The standard InChI is InChI=1S/C13H18F3NO2.ClH/c1-12(2,3)11(18)10(17)8-5-4-6-9(7-8)19-13(14,15)16;/h4-7,10-11,18H,17H2,1-3H3;1H/t10-,11-;/m1./s1. The zero-order valence-corrected chi connectivity index (χ0v) is 12.3. The average Bonchev–Trinajstić information content (AvgIpc) is 2.23. The minimum absolute atomic E-state index is 0. The molecule has 0 aliphatic rings. The molecule has 20 heavy (non-hydrogen) atoms. The monoisotopic (exact) mass is 313 g/mol. The van der Waals surface area contributed by atoms with Crippen LogP contribution in [0.4, 0.5) is 13.2 Å². The molecular weight excluding hydrogens is 295 g/mol. The molecule has 0 spiro atoms. The van der Waals surface area contributed by atoms with Gasteiger partial charge in [0, 0.05) is 0 Å². The third kappa shape index (κ3) is 5.56. The number of benzene rings is 1. The van der Waals surface area contributed by atoms with Gasteiger partial charge < -0.3 is 15.6 Å². The molecule has 0 aliphatic heterocycles. The predicted octanol–water partition coefficient (Wildman–Crippen LogP) is 3.41. The van der Waals surface area contributed by atoms with Crippen molar-refractivity contribution >= 4 is 12.4 Å². The van der Waals surface area contributed by atoms with Gasteiger partial charge in [-0.25, -0.2) is 0 Å².